The maximum atomic E-state index is 12.5. The lowest BCUT2D eigenvalue weighted by Gasteiger charge is -2.29. The molecular weight excluding hydrogens is 572 g/mol. The number of hydrogen-bond donors (Lipinski definition) is 0. The summed E-state index contributed by atoms with van der Waals surface area (Å²) >= 11 is 0. The fourth-order valence-corrected chi connectivity index (χ4v) is 4.76. The first-order valence-electron chi connectivity index (χ1n) is 17.3. The highest BCUT2D eigenvalue weighted by atomic mass is 16.6. The zero-order valence-electron chi connectivity index (χ0n) is 30.2. The van der Waals surface area contributed by atoms with Crippen LogP contribution in [0.3, 0.4) is 0 Å². The summed E-state index contributed by atoms with van der Waals surface area (Å²) in [6, 6.07) is 0. The molecule has 0 aliphatic rings. The van der Waals surface area contributed by atoms with Gasteiger partial charge < -0.3 is 24.1 Å². The number of ether oxygens (including phenoxy) is 2. The van der Waals surface area contributed by atoms with E-state index in [-0.39, 0.29) is 38.2 Å². The molecule has 0 aromatic carbocycles. The first-order chi connectivity index (χ1) is 21.6. The Morgan fingerprint density at radius 2 is 0.867 bits per heavy atom. The van der Waals surface area contributed by atoms with Crippen molar-refractivity contribution in [3.05, 3.63) is 12.2 Å². The van der Waals surface area contributed by atoms with E-state index in [0.717, 1.165) is 104 Å². The predicted octanol–water partition coefficient (Wildman–Crippen LogP) is 2.42. The third-order valence-electron chi connectivity index (χ3n) is 8.50. The second-order valence-corrected chi connectivity index (χ2v) is 11.8. The number of carbonyl (C=O) groups excluding carboxylic acids is 3. The van der Waals surface area contributed by atoms with Crippen molar-refractivity contribution in [1.29, 1.82) is 0 Å². The van der Waals surface area contributed by atoms with Crippen LogP contribution in [-0.2, 0) is 23.9 Å². The van der Waals surface area contributed by atoms with Crippen molar-refractivity contribution in [3.8, 4) is 0 Å². The van der Waals surface area contributed by atoms with Gasteiger partial charge in [0, 0.05) is 58.9 Å². The van der Waals surface area contributed by atoms with Gasteiger partial charge in [0.05, 0.1) is 19.6 Å². The third-order valence-corrected chi connectivity index (χ3v) is 8.50. The van der Waals surface area contributed by atoms with Gasteiger partial charge >= 0.3 is 11.9 Å². The summed E-state index contributed by atoms with van der Waals surface area (Å²) in [7, 11) is 0. The molecule has 0 fully saturated rings. The molecule has 0 aromatic rings. The SMILES string of the molecule is C=C(CN(CC)CCN(CC)CCN(CC)CC(=O)OCCOC(=O)CN(CC)CCN(CC)CCN(CC)CC=O)C(C)C. The fourth-order valence-electron chi connectivity index (χ4n) is 4.76. The van der Waals surface area contributed by atoms with Crippen molar-refractivity contribution in [1.82, 2.24) is 29.4 Å². The molecule has 0 radical (unpaired) electrons. The van der Waals surface area contributed by atoms with Crippen molar-refractivity contribution in [2.75, 3.05) is 131 Å². The lowest BCUT2D eigenvalue weighted by atomic mass is 10.1. The molecule has 11 heteroatoms. The van der Waals surface area contributed by atoms with E-state index in [1.165, 1.54) is 5.57 Å². The number of carbonyl (C=O) groups is 3. The number of esters is 2. The van der Waals surface area contributed by atoms with Crippen molar-refractivity contribution in [2.45, 2.75) is 55.4 Å². The normalized spacial score (nSPS) is 12.0. The van der Waals surface area contributed by atoms with E-state index in [0.29, 0.717) is 12.5 Å². The van der Waals surface area contributed by atoms with Gasteiger partial charge in [0.25, 0.3) is 0 Å². The fraction of sp³-hybridized carbons (Fsp3) is 0.853. The molecule has 0 amide bonds. The monoisotopic (exact) mass is 641 g/mol. The number of likely N-dealkylation sites (N-methyl/N-ethyl adjacent to an activating group) is 6. The van der Waals surface area contributed by atoms with Gasteiger partial charge in [-0.3, -0.25) is 29.2 Å². The Morgan fingerprint density at radius 3 is 1.18 bits per heavy atom. The molecule has 0 spiro atoms. The predicted molar refractivity (Wildman–Crippen MR) is 185 cm³/mol. The van der Waals surface area contributed by atoms with Crippen molar-refractivity contribution >= 4 is 18.2 Å². The first kappa shape index (κ1) is 43.1. The molecule has 11 nitrogen and oxygen atoms in total. The van der Waals surface area contributed by atoms with Crippen LogP contribution in [0.2, 0.25) is 0 Å². The Labute approximate surface area is 275 Å². The Hall–Kier alpha value is -1.89. The van der Waals surface area contributed by atoms with Crippen LogP contribution < -0.4 is 0 Å². The minimum Gasteiger partial charge on any atom is -0.461 e. The van der Waals surface area contributed by atoms with Gasteiger partial charge in [0.1, 0.15) is 19.5 Å². The van der Waals surface area contributed by atoms with Crippen LogP contribution in [0.1, 0.15) is 55.4 Å². The van der Waals surface area contributed by atoms with Crippen LogP contribution >= 0.6 is 0 Å². The van der Waals surface area contributed by atoms with Gasteiger partial charge in [-0.05, 0) is 45.2 Å². The Kier molecular flexibility index (Phi) is 26.1. The summed E-state index contributed by atoms with van der Waals surface area (Å²) in [5.74, 6) is -0.122. The van der Waals surface area contributed by atoms with E-state index < -0.39 is 0 Å². The van der Waals surface area contributed by atoms with E-state index in [4.69, 9.17) is 9.47 Å². The number of rotatable bonds is 30. The van der Waals surface area contributed by atoms with Crippen molar-refractivity contribution in [3.63, 3.8) is 0 Å². The quantitative estimate of drug-likeness (QED) is 0.0502. The molecule has 0 bridgehead atoms. The van der Waals surface area contributed by atoms with E-state index >= 15 is 0 Å². The van der Waals surface area contributed by atoms with Crippen LogP contribution in [-0.4, -0.2) is 179 Å². The van der Waals surface area contributed by atoms with Crippen LogP contribution in [0.15, 0.2) is 12.2 Å². The number of hydrogen-bond acceptors (Lipinski definition) is 11. The molecule has 0 unspecified atom stereocenters. The molecular formula is C34H68N6O5. The van der Waals surface area contributed by atoms with Crippen LogP contribution in [0.4, 0.5) is 0 Å². The van der Waals surface area contributed by atoms with Crippen LogP contribution in [0.5, 0.6) is 0 Å². The van der Waals surface area contributed by atoms with Gasteiger partial charge in [-0.15, -0.1) is 0 Å². The van der Waals surface area contributed by atoms with Gasteiger partial charge in [-0.2, -0.15) is 0 Å². The smallest absolute Gasteiger partial charge is 0.320 e. The molecule has 0 saturated heterocycles. The second-order valence-electron chi connectivity index (χ2n) is 11.8. The standard InChI is InChI=1S/C34H68N6O5/c1-10-35(16-17-37(12-3)24-25-41)19-22-39(14-5)29-33(42)44-26-27-45-34(43)30-40(15-6)23-20-36(11-2)18-21-38(13-4)28-32(9)31(7)8/h25,31H,9-24,26-30H2,1-8H3. The van der Waals surface area contributed by atoms with Crippen LogP contribution in [0.25, 0.3) is 0 Å². The maximum Gasteiger partial charge on any atom is 0.320 e. The minimum atomic E-state index is -0.316. The molecule has 0 saturated carbocycles. The van der Waals surface area contributed by atoms with Gasteiger partial charge in [0.15, 0.2) is 0 Å². The van der Waals surface area contributed by atoms with Crippen molar-refractivity contribution < 1.29 is 23.9 Å². The van der Waals surface area contributed by atoms with Crippen LogP contribution in [0, 0.1) is 5.92 Å². The summed E-state index contributed by atoms with van der Waals surface area (Å²) < 4.78 is 10.7. The summed E-state index contributed by atoms with van der Waals surface area (Å²) in [6.45, 7) is 35.4. The molecule has 0 aliphatic heterocycles. The largest absolute Gasteiger partial charge is 0.461 e. The van der Waals surface area contributed by atoms with E-state index in [9.17, 15) is 14.4 Å². The summed E-state index contributed by atoms with van der Waals surface area (Å²) in [4.78, 5) is 49.2. The lowest BCUT2D eigenvalue weighted by Crippen LogP contribution is -2.41. The lowest BCUT2D eigenvalue weighted by molar-refractivity contribution is -0.153. The molecule has 0 aromatic heterocycles. The average Bonchev–Trinajstić information content (AvgIpc) is 3.03. The Balaban J connectivity index is 4.38. The molecule has 0 aliphatic carbocycles. The van der Waals surface area contributed by atoms with E-state index in [1.807, 2.05) is 6.92 Å². The Morgan fingerprint density at radius 1 is 0.556 bits per heavy atom. The third kappa shape index (κ3) is 21.5. The first-order valence-corrected chi connectivity index (χ1v) is 17.3. The molecule has 0 heterocycles. The van der Waals surface area contributed by atoms with Gasteiger partial charge in [-0.1, -0.05) is 67.5 Å². The molecule has 264 valence electrons. The summed E-state index contributed by atoms with van der Waals surface area (Å²) in [6.07, 6.45) is 0.947. The summed E-state index contributed by atoms with van der Waals surface area (Å²) in [5.41, 5.74) is 1.27. The average molecular weight is 641 g/mol. The number of aldehydes is 1. The zero-order valence-corrected chi connectivity index (χ0v) is 30.2. The van der Waals surface area contributed by atoms with E-state index in [2.05, 4.69) is 84.4 Å². The number of nitrogens with zero attached hydrogens (tertiary/aromatic N) is 6. The zero-order chi connectivity index (χ0) is 34.0. The van der Waals surface area contributed by atoms with E-state index in [1.54, 1.807) is 0 Å². The van der Waals surface area contributed by atoms with Gasteiger partial charge in [0.2, 0.25) is 0 Å². The van der Waals surface area contributed by atoms with Gasteiger partial charge in [-0.25, -0.2) is 0 Å². The Bertz CT molecular complexity index is 799. The highest BCUT2D eigenvalue weighted by Crippen LogP contribution is 2.09. The minimum absolute atomic E-state index is 0.0553. The molecule has 0 N–H and O–H groups in total. The highest BCUT2D eigenvalue weighted by Gasteiger charge is 2.16. The highest BCUT2D eigenvalue weighted by molar-refractivity contribution is 5.72. The topological polar surface area (TPSA) is 89.1 Å². The molecule has 0 rings (SSSR count). The molecule has 45 heavy (non-hydrogen) atoms. The molecule has 0 atom stereocenters. The summed E-state index contributed by atoms with van der Waals surface area (Å²) in [5, 5.41) is 0. The maximum absolute atomic E-state index is 12.5. The second kappa shape index (κ2) is 27.2. The van der Waals surface area contributed by atoms with Crippen molar-refractivity contribution in [2.24, 2.45) is 5.92 Å².